The highest BCUT2D eigenvalue weighted by Gasteiger charge is 2.19. The molecule has 2 N–H and O–H groups in total. The molecule has 0 atom stereocenters. The van der Waals surface area contributed by atoms with E-state index < -0.39 is 16.0 Å². The average molecular weight is 326 g/mol. The number of carbonyl (C=O) groups is 1. The van der Waals surface area contributed by atoms with Gasteiger partial charge in [0.2, 0.25) is 10.0 Å². The summed E-state index contributed by atoms with van der Waals surface area (Å²) in [5.41, 5.74) is -0.438. The molecule has 0 radical (unpaired) electrons. The first-order valence-electron chi connectivity index (χ1n) is 5.49. The van der Waals surface area contributed by atoms with Crippen LogP contribution in [-0.2, 0) is 10.0 Å². The van der Waals surface area contributed by atoms with Crippen LogP contribution in [0, 0.1) is 0 Å². The average Bonchev–Trinajstić information content (AvgIpc) is 2.29. The van der Waals surface area contributed by atoms with Crippen LogP contribution in [0.4, 0.5) is 5.69 Å². The van der Waals surface area contributed by atoms with Crippen molar-refractivity contribution in [1.29, 1.82) is 0 Å². The zero-order valence-electron chi connectivity index (χ0n) is 10.1. The topological polar surface area (TPSA) is 83.5 Å². The highest BCUT2D eigenvalue weighted by atomic mass is 35.5. The van der Waals surface area contributed by atoms with Crippen LogP contribution in [0.2, 0.25) is 10.0 Å². The fourth-order valence-corrected chi connectivity index (χ4v) is 3.29. The molecule has 106 valence electrons. The Balaban J connectivity index is 3.17. The van der Waals surface area contributed by atoms with Crippen molar-refractivity contribution in [2.45, 2.75) is 19.8 Å². The van der Waals surface area contributed by atoms with Crippen LogP contribution in [0.5, 0.6) is 0 Å². The van der Waals surface area contributed by atoms with Crippen molar-refractivity contribution in [2.75, 3.05) is 10.5 Å². The fraction of sp³-hybridized carbons (Fsp3) is 0.364. The lowest BCUT2D eigenvalue weighted by Crippen LogP contribution is -2.19. The summed E-state index contributed by atoms with van der Waals surface area (Å²) in [5, 5.41) is 9.11. The Labute approximate surface area is 121 Å². The molecule has 0 aliphatic heterocycles. The van der Waals surface area contributed by atoms with Gasteiger partial charge in [-0.1, -0.05) is 36.5 Å². The van der Waals surface area contributed by atoms with Gasteiger partial charge in [-0.15, -0.1) is 0 Å². The van der Waals surface area contributed by atoms with Gasteiger partial charge in [-0.25, -0.2) is 13.2 Å². The first kappa shape index (κ1) is 16.1. The Morgan fingerprint density at radius 1 is 1.37 bits per heavy atom. The lowest BCUT2D eigenvalue weighted by Gasteiger charge is -2.12. The van der Waals surface area contributed by atoms with E-state index >= 15 is 0 Å². The first-order chi connectivity index (χ1) is 8.76. The van der Waals surface area contributed by atoms with Gasteiger partial charge in [-0.05, 0) is 18.6 Å². The minimum absolute atomic E-state index is 0.0510. The molecule has 0 heterocycles. The smallest absolute Gasteiger partial charge is 0.337 e. The van der Waals surface area contributed by atoms with Crippen LogP contribution in [-0.4, -0.2) is 25.2 Å². The molecule has 0 aliphatic carbocycles. The number of halogens is 2. The van der Waals surface area contributed by atoms with E-state index in [0.717, 1.165) is 6.07 Å². The monoisotopic (exact) mass is 325 g/mol. The quantitative estimate of drug-likeness (QED) is 0.841. The Kier molecular flexibility index (Phi) is 5.46. The second-order valence-corrected chi connectivity index (χ2v) is 6.58. The van der Waals surface area contributed by atoms with Crippen LogP contribution in [0.1, 0.15) is 30.1 Å². The van der Waals surface area contributed by atoms with Gasteiger partial charge in [0, 0.05) is 5.02 Å². The molecule has 0 saturated heterocycles. The summed E-state index contributed by atoms with van der Waals surface area (Å²) in [5.74, 6) is -1.40. The van der Waals surface area contributed by atoms with E-state index in [2.05, 4.69) is 4.72 Å². The number of anilines is 1. The summed E-state index contributed by atoms with van der Waals surface area (Å²) in [7, 11) is -3.63. The van der Waals surface area contributed by atoms with Crippen molar-refractivity contribution >= 4 is 44.9 Å². The molecule has 5 nitrogen and oxygen atoms in total. The van der Waals surface area contributed by atoms with Gasteiger partial charge in [0.25, 0.3) is 0 Å². The van der Waals surface area contributed by atoms with Gasteiger partial charge in [0.05, 0.1) is 22.0 Å². The summed E-state index contributed by atoms with van der Waals surface area (Å²) in [4.78, 5) is 11.1. The first-order valence-corrected chi connectivity index (χ1v) is 7.90. The number of benzene rings is 1. The Hall–Kier alpha value is -0.980. The van der Waals surface area contributed by atoms with Crippen LogP contribution in [0.3, 0.4) is 0 Å². The molecule has 0 bridgehead atoms. The van der Waals surface area contributed by atoms with Gasteiger partial charge in [0.1, 0.15) is 0 Å². The molecular formula is C11H13Cl2NO4S. The van der Waals surface area contributed by atoms with Crippen molar-refractivity contribution in [2.24, 2.45) is 0 Å². The molecule has 1 rings (SSSR count). The molecule has 1 aromatic carbocycles. The van der Waals surface area contributed by atoms with E-state index in [-0.39, 0.29) is 27.0 Å². The number of unbranched alkanes of at least 4 members (excludes halogenated alkanes) is 1. The number of rotatable bonds is 6. The van der Waals surface area contributed by atoms with Gasteiger partial charge in [-0.3, -0.25) is 4.72 Å². The van der Waals surface area contributed by atoms with E-state index in [4.69, 9.17) is 28.3 Å². The number of carboxylic acid groups (broad SMARTS) is 1. The summed E-state index contributed by atoms with van der Waals surface area (Å²) in [6.07, 6.45) is 1.18. The molecule has 0 spiro atoms. The zero-order chi connectivity index (χ0) is 14.6. The molecule has 0 unspecified atom stereocenters. The molecule has 19 heavy (non-hydrogen) atoms. The molecule has 0 saturated carbocycles. The van der Waals surface area contributed by atoms with Gasteiger partial charge in [0.15, 0.2) is 0 Å². The molecule has 0 aliphatic rings. The van der Waals surface area contributed by atoms with E-state index in [9.17, 15) is 13.2 Å². The van der Waals surface area contributed by atoms with Gasteiger partial charge < -0.3 is 5.11 Å². The number of aromatic carboxylic acids is 1. The maximum absolute atomic E-state index is 11.8. The van der Waals surface area contributed by atoms with Crippen LogP contribution in [0.15, 0.2) is 12.1 Å². The van der Waals surface area contributed by atoms with Crippen molar-refractivity contribution in [3.05, 3.63) is 27.7 Å². The molecule has 0 aromatic heterocycles. The van der Waals surface area contributed by atoms with Crippen LogP contribution in [0.25, 0.3) is 0 Å². The molecular weight excluding hydrogens is 313 g/mol. The predicted octanol–water partition coefficient (Wildman–Crippen LogP) is 3.23. The molecule has 8 heteroatoms. The SMILES string of the molecule is CCCCS(=O)(=O)Nc1c(Cl)cc(Cl)cc1C(=O)O. The van der Waals surface area contributed by atoms with Crippen LogP contribution >= 0.6 is 23.2 Å². The van der Waals surface area contributed by atoms with E-state index in [1.165, 1.54) is 6.07 Å². The van der Waals surface area contributed by atoms with Crippen molar-refractivity contribution in [1.82, 2.24) is 0 Å². The number of hydrogen-bond donors (Lipinski definition) is 2. The zero-order valence-corrected chi connectivity index (χ0v) is 12.4. The summed E-state index contributed by atoms with van der Waals surface area (Å²) in [6.45, 7) is 1.85. The third-order valence-corrected chi connectivity index (χ3v) is 4.17. The maximum Gasteiger partial charge on any atom is 0.337 e. The highest BCUT2D eigenvalue weighted by Crippen LogP contribution is 2.31. The Bertz CT molecular complexity index is 587. The summed E-state index contributed by atoms with van der Waals surface area (Å²) in [6, 6.07) is 2.43. The maximum atomic E-state index is 11.8. The van der Waals surface area contributed by atoms with E-state index in [1.54, 1.807) is 0 Å². The van der Waals surface area contributed by atoms with Crippen LogP contribution < -0.4 is 4.72 Å². The number of carboxylic acids is 1. The van der Waals surface area contributed by atoms with Crippen molar-refractivity contribution < 1.29 is 18.3 Å². The lowest BCUT2D eigenvalue weighted by atomic mass is 10.2. The van der Waals surface area contributed by atoms with E-state index in [1.807, 2.05) is 6.92 Å². The minimum atomic E-state index is -3.63. The molecule has 0 amide bonds. The van der Waals surface area contributed by atoms with Crippen molar-refractivity contribution in [3.63, 3.8) is 0 Å². The summed E-state index contributed by atoms with van der Waals surface area (Å²) >= 11 is 11.5. The van der Waals surface area contributed by atoms with E-state index in [0.29, 0.717) is 12.8 Å². The fourth-order valence-electron chi connectivity index (χ4n) is 1.39. The minimum Gasteiger partial charge on any atom is -0.478 e. The standard InChI is InChI=1S/C11H13Cl2NO4S/c1-2-3-4-19(17,18)14-10-8(11(15)16)5-7(12)6-9(10)13/h5-6,14H,2-4H2,1H3,(H,15,16). The number of hydrogen-bond acceptors (Lipinski definition) is 3. The molecule has 1 aromatic rings. The Morgan fingerprint density at radius 3 is 2.53 bits per heavy atom. The normalized spacial score (nSPS) is 11.3. The van der Waals surface area contributed by atoms with Gasteiger partial charge in [-0.2, -0.15) is 0 Å². The predicted molar refractivity (Wildman–Crippen MR) is 75.7 cm³/mol. The number of nitrogens with one attached hydrogen (secondary N) is 1. The number of sulfonamides is 1. The summed E-state index contributed by atoms with van der Waals surface area (Å²) < 4.78 is 25.7. The second-order valence-electron chi connectivity index (χ2n) is 3.89. The highest BCUT2D eigenvalue weighted by molar-refractivity contribution is 7.92. The lowest BCUT2D eigenvalue weighted by molar-refractivity contribution is 0.0698. The molecule has 0 fully saturated rings. The van der Waals surface area contributed by atoms with Gasteiger partial charge >= 0.3 is 5.97 Å². The third kappa shape index (κ3) is 4.56. The third-order valence-electron chi connectivity index (χ3n) is 2.31. The second kappa shape index (κ2) is 6.45. The van der Waals surface area contributed by atoms with Crippen molar-refractivity contribution in [3.8, 4) is 0 Å². The Morgan fingerprint density at radius 2 is 2.00 bits per heavy atom. The largest absolute Gasteiger partial charge is 0.478 e.